The van der Waals surface area contributed by atoms with Gasteiger partial charge in [0.1, 0.15) is 0 Å². The summed E-state index contributed by atoms with van der Waals surface area (Å²) in [5, 5.41) is 14.3. The first-order chi connectivity index (χ1) is 15.8. The molecule has 0 unspecified atom stereocenters. The molecule has 0 aromatic heterocycles. The molecule has 0 fully saturated rings. The van der Waals surface area contributed by atoms with Gasteiger partial charge in [-0.3, -0.25) is 19.7 Å². The fraction of sp³-hybridized carbons (Fsp3) is 0.0870. The third-order valence-electron chi connectivity index (χ3n) is 4.47. The minimum atomic E-state index is -0.879. The van der Waals surface area contributed by atoms with E-state index in [2.05, 4.69) is 5.32 Å². The molecule has 0 saturated heterocycles. The van der Waals surface area contributed by atoms with Gasteiger partial charge >= 0.3 is 5.97 Å². The van der Waals surface area contributed by atoms with Crippen molar-refractivity contribution in [3.05, 3.63) is 98.6 Å². The molecule has 0 aliphatic rings. The SMILES string of the molecule is CSc1ccc(C(=O)c2ccccc2C(=O)OCC(=O)Nc2cccc(Cl)c2)cc1[N+](=O)[O-]. The van der Waals surface area contributed by atoms with Crippen LogP contribution in [0.15, 0.2) is 71.6 Å². The molecule has 0 atom stereocenters. The number of halogens is 1. The summed E-state index contributed by atoms with van der Waals surface area (Å²) in [6.45, 7) is -0.582. The number of hydrogen-bond acceptors (Lipinski definition) is 7. The van der Waals surface area contributed by atoms with E-state index in [0.717, 1.165) is 0 Å². The topological polar surface area (TPSA) is 116 Å². The lowest BCUT2D eigenvalue weighted by Gasteiger charge is -2.10. The van der Waals surface area contributed by atoms with Crippen molar-refractivity contribution < 1.29 is 24.0 Å². The van der Waals surface area contributed by atoms with Gasteiger partial charge in [0.15, 0.2) is 12.4 Å². The molecule has 0 aliphatic carbocycles. The van der Waals surface area contributed by atoms with Crippen molar-refractivity contribution in [2.45, 2.75) is 4.90 Å². The van der Waals surface area contributed by atoms with Crippen LogP contribution < -0.4 is 5.32 Å². The predicted octanol–water partition coefficient (Wildman–Crippen LogP) is 5.00. The first-order valence-corrected chi connectivity index (χ1v) is 11.1. The molecule has 3 rings (SSSR count). The van der Waals surface area contributed by atoms with Crippen LogP contribution in [0.2, 0.25) is 5.02 Å². The van der Waals surface area contributed by atoms with Crippen LogP contribution in [0.4, 0.5) is 11.4 Å². The largest absolute Gasteiger partial charge is 0.452 e. The third kappa shape index (κ3) is 5.97. The Hall–Kier alpha value is -3.69. The van der Waals surface area contributed by atoms with Gasteiger partial charge in [-0.2, -0.15) is 0 Å². The van der Waals surface area contributed by atoms with E-state index in [1.54, 1.807) is 36.6 Å². The van der Waals surface area contributed by atoms with E-state index in [1.807, 2.05) is 0 Å². The van der Waals surface area contributed by atoms with E-state index < -0.39 is 29.2 Å². The highest BCUT2D eigenvalue weighted by Crippen LogP contribution is 2.29. The number of nitrogens with zero attached hydrogens (tertiary/aromatic N) is 1. The lowest BCUT2D eigenvalue weighted by atomic mass is 9.98. The highest BCUT2D eigenvalue weighted by Gasteiger charge is 2.23. The Morgan fingerprint density at radius 1 is 1.03 bits per heavy atom. The van der Waals surface area contributed by atoms with Gasteiger partial charge in [-0.25, -0.2) is 4.79 Å². The molecule has 8 nitrogen and oxygen atoms in total. The highest BCUT2D eigenvalue weighted by molar-refractivity contribution is 7.98. The molecular formula is C23H17ClN2O6S. The summed E-state index contributed by atoms with van der Waals surface area (Å²) in [5.74, 6) is -2.05. The number of ketones is 1. The molecule has 0 saturated carbocycles. The van der Waals surface area contributed by atoms with Gasteiger partial charge < -0.3 is 10.1 Å². The zero-order valence-electron chi connectivity index (χ0n) is 17.2. The summed E-state index contributed by atoms with van der Waals surface area (Å²) in [4.78, 5) is 48.9. The fourth-order valence-corrected chi connectivity index (χ4v) is 3.70. The average molecular weight is 485 g/mol. The number of ether oxygens (including phenoxy) is 1. The number of hydrogen-bond donors (Lipinski definition) is 1. The van der Waals surface area contributed by atoms with Gasteiger partial charge in [-0.05, 0) is 42.7 Å². The number of anilines is 1. The number of nitro groups is 1. The van der Waals surface area contributed by atoms with Gasteiger partial charge in [0.25, 0.3) is 11.6 Å². The van der Waals surface area contributed by atoms with Crippen LogP contribution in [0.5, 0.6) is 0 Å². The second kappa shape index (κ2) is 10.8. The molecule has 0 heterocycles. The molecule has 3 aromatic rings. The molecule has 0 aliphatic heterocycles. The van der Waals surface area contributed by atoms with Gasteiger partial charge in [-0.15, -0.1) is 11.8 Å². The molecule has 1 N–H and O–H groups in total. The quantitative estimate of drug-likeness (QED) is 0.157. The van der Waals surface area contributed by atoms with Crippen molar-refractivity contribution >= 4 is 52.4 Å². The molecule has 1 amide bonds. The Morgan fingerprint density at radius 3 is 2.42 bits per heavy atom. The summed E-state index contributed by atoms with van der Waals surface area (Å²) < 4.78 is 5.07. The lowest BCUT2D eigenvalue weighted by Crippen LogP contribution is -2.22. The smallest absolute Gasteiger partial charge is 0.339 e. The van der Waals surface area contributed by atoms with E-state index in [9.17, 15) is 24.5 Å². The molecule has 0 spiro atoms. The molecule has 33 heavy (non-hydrogen) atoms. The van der Waals surface area contributed by atoms with E-state index in [-0.39, 0.29) is 22.4 Å². The number of amides is 1. The number of nitrogens with one attached hydrogen (secondary N) is 1. The maximum Gasteiger partial charge on any atom is 0.339 e. The predicted molar refractivity (Wildman–Crippen MR) is 125 cm³/mol. The summed E-state index contributed by atoms with van der Waals surface area (Å²) >= 11 is 7.06. The number of benzene rings is 3. The van der Waals surface area contributed by atoms with Crippen LogP contribution in [0.1, 0.15) is 26.3 Å². The molecule has 168 valence electrons. The monoisotopic (exact) mass is 484 g/mol. The van der Waals surface area contributed by atoms with Crippen LogP contribution >= 0.6 is 23.4 Å². The number of carbonyl (C=O) groups is 3. The fourth-order valence-electron chi connectivity index (χ4n) is 2.96. The van der Waals surface area contributed by atoms with Crippen LogP contribution in [-0.2, 0) is 9.53 Å². The maximum absolute atomic E-state index is 13.0. The van der Waals surface area contributed by atoms with Gasteiger partial charge in [-0.1, -0.05) is 35.9 Å². The van der Waals surface area contributed by atoms with Crippen molar-refractivity contribution in [1.82, 2.24) is 0 Å². The number of carbonyl (C=O) groups excluding carboxylic acids is 3. The lowest BCUT2D eigenvalue weighted by molar-refractivity contribution is -0.387. The number of nitro benzene ring substituents is 1. The molecule has 0 bridgehead atoms. The number of rotatable bonds is 8. The van der Waals surface area contributed by atoms with E-state index in [1.165, 1.54) is 48.2 Å². The highest BCUT2D eigenvalue weighted by atomic mass is 35.5. The van der Waals surface area contributed by atoms with E-state index >= 15 is 0 Å². The summed E-state index contributed by atoms with van der Waals surface area (Å²) in [5.41, 5.74) is 0.234. The third-order valence-corrected chi connectivity index (χ3v) is 5.49. The van der Waals surface area contributed by atoms with Crippen LogP contribution in [0.3, 0.4) is 0 Å². The second-order valence-corrected chi connectivity index (χ2v) is 7.94. The Balaban J connectivity index is 1.76. The number of esters is 1. The Bertz CT molecular complexity index is 1250. The van der Waals surface area contributed by atoms with Crippen molar-refractivity contribution in [3.8, 4) is 0 Å². The van der Waals surface area contributed by atoms with Gasteiger partial charge in [0.2, 0.25) is 0 Å². The molecule has 10 heteroatoms. The molecular weight excluding hydrogens is 468 g/mol. The van der Waals surface area contributed by atoms with Crippen LogP contribution in [0.25, 0.3) is 0 Å². The Labute approximate surface area is 198 Å². The second-order valence-electron chi connectivity index (χ2n) is 6.65. The molecule has 3 aromatic carbocycles. The minimum Gasteiger partial charge on any atom is -0.452 e. The summed E-state index contributed by atoms with van der Waals surface area (Å²) in [6, 6.07) is 16.5. The first-order valence-electron chi connectivity index (χ1n) is 9.49. The number of thioether (sulfide) groups is 1. The minimum absolute atomic E-state index is 0.00366. The first kappa shape index (κ1) is 24.0. The average Bonchev–Trinajstić information content (AvgIpc) is 2.81. The Morgan fingerprint density at radius 2 is 1.76 bits per heavy atom. The van der Waals surface area contributed by atoms with Crippen molar-refractivity contribution in [1.29, 1.82) is 0 Å². The molecule has 0 radical (unpaired) electrons. The van der Waals surface area contributed by atoms with E-state index in [4.69, 9.17) is 16.3 Å². The maximum atomic E-state index is 13.0. The van der Waals surface area contributed by atoms with Gasteiger partial charge in [0, 0.05) is 27.9 Å². The van der Waals surface area contributed by atoms with Crippen molar-refractivity contribution in [2.24, 2.45) is 0 Å². The summed E-state index contributed by atoms with van der Waals surface area (Å²) in [6.07, 6.45) is 1.69. The standard InChI is InChI=1S/C23H17ClN2O6S/c1-33-20-10-9-14(11-19(20)26(30)31)22(28)17-7-2-3-8-18(17)23(29)32-13-21(27)25-16-6-4-5-15(24)12-16/h2-12H,13H2,1H3,(H,25,27). The normalized spacial score (nSPS) is 10.4. The van der Waals surface area contributed by atoms with Crippen LogP contribution in [-0.4, -0.2) is 35.4 Å². The van der Waals surface area contributed by atoms with Crippen molar-refractivity contribution in [3.63, 3.8) is 0 Å². The zero-order valence-corrected chi connectivity index (χ0v) is 18.8. The zero-order chi connectivity index (χ0) is 24.0. The van der Waals surface area contributed by atoms with Crippen LogP contribution in [0, 0.1) is 10.1 Å². The summed E-state index contributed by atoms with van der Waals surface area (Å²) in [7, 11) is 0. The van der Waals surface area contributed by atoms with E-state index in [0.29, 0.717) is 15.6 Å². The van der Waals surface area contributed by atoms with Crippen molar-refractivity contribution in [2.75, 3.05) is 18.2 Å². The van der Waals surface area contributed by atoms with Gasteiger partial charge in [0.05, 0.1) is 15.4 Å². The Kier molecular flexibility index (Phi) is 7.81.